The Hall–Kier alpha value is -3.25. The van der Waals surface area contributed by atoms with E-state index in [2.05, 4.69) is 5.32 Å². The minimum atomic E-state index is -0.573. The summed E-state index contributed by atoms with van der Waals surface area (Å²) >= 11 is 1.35. The summed E-state index contributed by atoms with van der Waals surface area (Å²) in [4.78, 5) is 37.2. The number of hydrogen-bond donors (Lipinski definition) is 1. The predicted molar refractivity (Wildman–Crippen MR) is 112 cm³/mol. The molecular weight excluding hydrogens is 386 g/mol. The Balaban J connectivity index is 1.32. The van der Waals surface area contributed by atoms with Crippen molar-refractivity contribution in [3.8, 4) is 0 Å². The first-order valence-corrected chi connectivity index (χ1v) is 10.3. The maximum Gasteiger partial charge on any atom is 0.338 e. The van der Waals surface area contributed by atoms with Crippen molar-refractivity contribution in [3.05, 3.63) is 87.1 Å². The van der Waals surface area contributed by atoms with E-state index in [-0.39, 0.29) is 18.3 Å². The van der Waals surface area contributed by atoms with Crippen molar-refractivity contribution < 1.29 is 19.1 Å². The van der Waals surface area contributed by atoms with E-state index >= 15 is 0 Å². The molecule has 1 aromatic heterocycles. The molecule has 0 aliphatic heterocycles. The predicted octanol–water partition coefficient (Wildman–Crippen LogP) is 4.53. The molecule has 1 amide bonds. The van der Waals surface area contributed by atoms with Crippen LogP contribution < -0.4 is 5.32 Å². The number of rotatable bonds is 6. The molecule has 5 nitrogen and oxygen atoms in total. The first-order valence-electron chi connectivity index (χ1n) is 9.37. The molecule has 1 aliphatic carbocycles. The van der Waals surface area contributed by atoms with Crippen LogP contribution in [-0.2, 0) is 17.6 Å². The van der Waals surface area contributed by atoms with E-state index < -0.39 is 5.97 Å². The molecule has 0 atom stereocenters. The van der Waals surface area contributed by atoms with Crippen LogP contribution in [0.3, 0.4) is 0 Å². The van der Waals surface area contributed by atoms with E-state index in [1.54, 1.807) is 36.4 Å². The second kappa shape index (κ2) is 8.41. The first kappa shape index (κ1) is 19.1. The number of anilines is 1. The smallest absolute Gasteiger partial charge is 0.338 e. The fourth-order valence-electron chi connectivity index (χ4n) is 3.33. The van der Waals surface area contributed by atoms with Gasteiger partial charge in [0, 0.05) is 11.3 Å². The van der Waals surface area contributed by atoms with Gasteiger partial charge in [0.25, 0.3) is 5.91 Å². The molecule has 6 heteroatoms. The van der Waals surface area contributed by atoms with Crippen molar-refractivity contribution in [1.29, 1.82) is 0 Å². The van der Waals surface area contributed by atoms with Crippen LogP contribution in [0.2, 0.25) is 0 Å². The molecule has 4 rings (SSSR count). The maximum absolute atomic E-state index is 12.3. The van der Waals surface area contributed by atoms with Crippen molar-refractivity contribution in [2.75, 3.05) is 11.9 Å². The third-order valence-corrected chi connectivity index (χ3v) is 5.75. The van der Waals surface area contributed by atoms with Crippen molar-refractivity contribution in [2.24, 2.45) is 0 Å². The van der Waals surface area contributed by atoms with E-state index in [4.69, 9.17) is 4.74 Å². The molecule has 0 fully saturated rings. The van der Waals surface area contributed by atoms with Crippen molar-refractivity contribution in [2.45, 2.75) is 19.3 Å². The summed E-state index contributed by atoms with van der Waals surface area (Å²) in [6.45, 7) is -0.297. The lowest BCUT2D eigenvalue weighted by Crippen LogP contribution is -2.15. The van der Waals surface area contributed by atoms with Crippen LogP contribution in [-0.4, -0.2) is 24.3 Å². The number of benzene rings is 2. The van der Waals surface area contributed by atoms with Gasteiger partial charge in [-0.05, 0) is 72.2 Å². The lowest BCUT2D eigenvalue weighted by atomic mass is 10.0. The molecule has 0 unspecified atom stereocenters. The average Bonchev–Trinajstić information content (AvgIpc) is 3.43. The maximum atomic E-state index is 12.3. The molecule has 2 aromatic carbocycles. The molecule has 1 N–H and O–H groups in total. The fourth-order valence-corrected chi connectivity index (χ4v) is 3.95. The highest BCUT2D eigenvalue weighted by atomic mass is 32.1. The zero-order valence-electron chi connectivity index (χ0n) is 15.6. The Labute approximate surface area is 172 Å². The number of hydrogen-bond acceptors (Lipinski definition) is 5. The van der Waals surface area contributed by atoms with E-state index in [0.717, 1.165) is 19.3 Å². The highest BCUT2D eigenvalue weighted by Gasteiger charge is 2.16. The second-order valence-corrected chi connectivity index (χ2v) is 7.79. The number of thiophene rings is 1. The average molecular weight is 405 g/mol. The minimum Gasteiger partial charge on any atom is -0.454 e. The number of amides is 1. The summed E-state index contributed by atoms with van der Waals surface area (Å²) in [5.74, 6) is -0.987. The minimum absolute atomic E-state index is 0.199. The molecule has 0 saturated carbocycles. The Morgan fingerprint density at radius 2 is 1.69 bits per heavy atom. The summed E-state index contributed by atoms with van der Waals surface area (Å²) in [5, 5.41) is 4.60. The van der Waals surface area contributed by atoms with Crippen LogP contribution in [0.25, 0.3) is 0 Å². The SMILES string of the molecule is O=C(COC(=O)c1ccc(NC(=O)c2cccs2)cc1)c1ccc2c(c1)CCC2. The number of ketones is 1. The van der Waals surface area contributed by atoms with Crippen LogP contribution in [0.4, 0.5) is 5.69 Å². The summed E-state index contributed by atoms with van der Waals surface area (Å²) in [6.07, 6.45) is 3.17. The first-order chi connectivity index (χ1) is 14.1. The monoisotopic (exact) mass is 405 g/mol. The van der Waals surface area contributed by atoms with Crippen LogP contribution in [0.15, 0.2) is 60.0 Å². The van der Waals surface area contributed by atoms with Gasteiger partial charge in [-0.3, -0.25) is 9.59 Å². The molecule has 0 spiro atoms. The second-order valence-electron chi connectivity index (χ2n) is 6.85. The molecule has 1 heterocycles. The van der Waals surface area contributed by atoms with Crippen LogP contribution in [0.5, 0.6) is 0 Å². The number of aryl methyl sites for hydroxylation is 2. The molecule has 0 saturated heterocycles. The summed E-state index contributed by atoms with van der Waals surface area (Å²) in [5.41, 5.74) is 3.98. The lowest BCUT2D eigenvalue weighted by Gasteiger charge is -2.07. The number of esters is 1. The number of carbonyl (C=O) groups is 3. The van der Waals surface area contributed by atoms with E-state index in [0.29, 0.717) is 21.7 Å². The Morgan fingerprint density at radius 3 is 2.45 bits per heavy atom. The van der Waals surface area contributed by atoms with Gasteiger partial charge in [0.15, 0.2) is 12.4 Å². The lowest BCUT2D eigenvalue weighted by molar-refractivity contribution is 0.0475. The topological polar surface area (TPSA) is 72.5 Å². The molecule has 146 valence electrons. The van der Waals surface area contributed by atoms with Gasteiger partial charge in [-0.2, -0.15) is 0 Å². The standard InChI is InChI=1S/C23H19NO4S/c25-20(18-7-6-15-3-1-4-17(15)13-18)14-28-23(27)16-8-10-19(11-9-16)24-22(26)21-5-2-12-29-21/h2,5-13H,1,3-4,14H2,(H,24,26). The quantitative estimate of drug-likeness (QED) is 0.483. The molecule has 1 aliphatic rings. The van der Waals surface area contributed by atoms with Gasteiger partial charge in [-0.25, -0.2) is 4.79 Å². The van der Waals surface area contributed by atoms with Gasteiger partial charge in [0.2, 0.25) is 0 Å². The molecule has 0 radical (unpaired) electrons. The number of Topliss-reactive ketones (excluding diaryl/α,β-unsaturated/α-hetero) is 1. The van der Waals surface area contributed by atoms with Gasteiger partial charge in [-0.15, -0.1) is 11.3 Å². The van der Waals surface area contributed by atoms with E-state index in [1.807, 2.05) is 23.6 Å². The Morgan fingerprint density at radius 1 is 0.931 bits per heavy atom. The van der Waals surface area contributed by atoms with Crippen molar-refractivity contribution in [3.63, 3.8) is 0 Å². The van der Waals surface area contributed by atoms with Crippen molar-refractivity contribution >= 4 is 34.7 Å². The van der Waals surface area contributed by atoms with Gasteiger partial charge >= 0.3 is 5.97 Å². The molecule has 3 aromatic rings. The van der Waals surface area contributed by atoms with Gasteiger partial charge < -0.3 is 10.1 Å². The van der Waals surface area contributed by atoms with E-state index in [9.17, 15) is 14.4 Å². The Kier molecular flexibility index (Phi) is 5.53. The van der Waals surface area contributed by atoms with Crippen molar-refractivity contribution in [1.82, 2.24) is 0 Å². The summed E-state index contributed by atoms with van der Waals surface area (Å²) < 4.78 is 5.17. The van der Waals surface area contributed by atoms with Crippen LogP contribution >= 0.6 is 11.3 Å². The normalized spacial score (nSPS) is 12.3. The molecule has 0 bridgehead atoms. The summed E-state index contributed by atoms with van der Waals surface area (Å²) in [6, 6.07) is 15.6. The molecule has 29 heavy (non-hydrogen) atoms. The fraction of sp³-hybridized carbons (Fsp3) is 0.174. The highest BCUT2D eigenvalue weighted by molar-refractivity contribution is 7.12. The number of carbonyl (C=O) groups excluding carboxylic acids is 3. The third kappa shape index (κ3) is 4.43. The Bertz CT molecular complexity index is 1050. The van der Waals surface area contributed by atoms with Gasteiger partial charge in [-0.1, -0.05) is 18.2 Å². The molecular formula is C23H19NO4S. The van der Waals surface area contributed by atoms with Gasteiger partial charge in [0.05, 0.1) is 10.4 Å². The number of fused-ring (bicyclic) bond motifs is 1. The number of nitrogens with one attached hydrogen (secondary N) is 1. The van der Waals surface area contributed by atoms with Crippen LogP contribution in [0, 0.1) is 0 Å². The summed E-state index contributed by atoms with van der Waals surface area (Å²) in [7, 11) is 0. The zero-order valence-corrected chi connectivity index (χ0v) is 16.5. The highest BCUT2D eigenvalue weighted by Crippen LogP contribution is 2.23. The third-order valence-electron chi connectivity index (χ3n) is 4.88. The van der Waals surface area contributed by atoms with E-state index in [1.165, 1.54) is 22.5 Å². The largest absolute Gasteiger partial charge is 0.454 e. The zero-order chi connectivity index (χ0) is 20.2. The number of ether oxygens (including phenoxy) is 1. The van der Waals surface area contributed by atoms with Crippen LogP contribution in [0.1, 0.15) is 47.9 Å². The van der Waals surface area contributed by atoms with Gasteiger partial charge in [0.1, 0.15) is 0 Å².